The lowest BCUT2D eigenvalue weighted by atomic mass is 10.2. The van der Waals surface area contributed by atoms with Gasteiger partial charge < -0.3 is 11.1 Å². The van der Waals surface area contributed by atoms with Gasteiger partial charge in [0.1, 0.15) is 5.69 Å². The number of benzene rings is 1. The van der Waals surface area contributed by atoms with Gasteiger partial charge in [0.2, 0.25) is 11.6 Å². The number of amides is 1. The van der Waals surface area contributed by atoms with Gasteiger partial charge in [0.05, 0.1) is 5.56 Å². The van der Waals surface area contributed by atoms with Gasteiger partial charge in [-0.25, -0.2) is 4.98 Å². The first kappa shape index (κ1) is 16.6. The molecular formula is C18H16N8O. The normalized spacial score (nSPS) is 10.9. The van der Waals surface area contributed by atoms with Crippen LogP contribution in [0.15, 0.2) is 48.7 Å². The van der Waals surface area contributed by atoms with Crippen molar-refractivity contribution in [3.63, 3.8) is 0 Å². The Bertz CT molecular complexity index is 1120. The number of aryl methyl sites for hydroxylation is 1. The number of aromatic nitrogens is 6. The van der Waals surface area contributed by atoms with Crippen molar-refractivity contribution >= 4 is 17.4 Å². The van der Waals surface area contributed by atoms with Gasteiger partial charge in [-0.05, 0) is 24.6 Å². The molecule has 0 unspecified atom stereocenters. The summed E-state index contributed by atoms with van der Waals surface area (Å²) in [4.78, 5) is 16.1. The van der Waals surface area contributed by atoms with Crippen molar-refractivity contribution in [1.29, 1.82) is 0 Å². The maximum atomic E-state index is 11.6. The Kier molecular flexibility index (Phi) is 4.17. The number of primary amides is 1. The second kappa shape index (κ2) is 6.79. The van der Waals surface area contributed by atoms with Crippen molar-refractivity contribution in [3.8, 4) is 11.6 Å². The highest BCUT2D eigenvalue weighted by atomic mass is 16.1. The number of hydrogen-bond donors (Lipinski definition) is 2. The summed E-state index contributed by atoms with van der Waals surface area (Å²) in [7, 11) is 0. The van der Waals surface area contributed by atoms with E-state index in [1.807, 2.05) is 37.3 Å². The molecule has 9 heteroatoms. The molecule has 0 atom stereocenters. The molecule has 1 aromatic carbocycles. The molecule has 0 spiro atoms. The number of nitrogens with one attached hydrogen (secondary N) is 1. The maximum Gasteiger partial charge on any atom is 0.252 e. The van der Waals surface area contributed by atoms with Crippen molar-refractivity contribution in [2.75, 3.05) is 5.32 Å². The molecule has 0 fully saturated rings. The van der Waals surface area contributed by atoms with Crippen molar-refractivity contribution in [2.45, 2.75) is 13.5 Å². The molecule has 0 aliphatic heterocycles. The van der Waals surface area contributed by atoms with Gasteiger partial charge in [-0.3, -0.25) is 9.20 Å². The highest BCUT2D eigenvalue weighted by Crippen LogP contribution is 2.19. The second-order valence-corrected chi connectivity index (χ2v) is 5.91. The molecular weight excluding hydrogens is 344 g/mol. The number of anilines is 1. The molecule has 0 saturated carbocycles. The number of hydrogen-bond acceptors (Lipinski definition) is 7. The number of carbonyl (C=O) groups is 1. The standard InChI is InChI=1S/C18H16N8O/c1-11-15(20-10-12-6-3-2-4-7-12)21-16(23-22-11)18-25-24-17-13(14(19)27)8-5-9-26(17)18/h2-9H,10H2,1H3,(H2,19,27)(H,20,21,23). The van der Waals surface area contributed by atoms with E-state index in [0.29, 0.717) is 35.4 Å². The smallest absolute Gasteiger partial charge is 0.252 e. The summed E-state index contributed by atoms with van der Waals surface area (Å²) >= 11 is 0. The van der Waals surface area contributed by atoms with E-state index in [-0.39, 0.29) is 5.56 Å². The minimum absolute atomic E-state index is 0.277. The lowest BCUT2D eigenvalue weighted by molar-refractivity contribution is 0.100. The van der Waals surface area contributed by atoms with Crippen LogP contribution in [-0.2, 0) is 6.54 Å². The van der Waals surface area contributed by atoms with Crippen LogP contribution in [0.4, 0.5) is 5.82 Å². The fourth-order valence-corrected chi connectivity index (χ4v) is 2.68. The third-order valence-electron chi connectivity index (χ3n) is 4.06. The van der Waals surface area contributed by atoms with Gasteiger partial charge in [-0.15, -0.1) is 20.4 Å². The molecule has 9 nitrogen and oxygen atoms in total. The van der Waals surface area contributed by atoms with Gasteiger partial charge in [0, 0.05) is 12.7 Å². The van der Waals surface area contributed by atoms with E-state index >= 15 is 0 Å². The monoisotopic (exact) mass is 360 g/mol. The lowest BCUT2D eigenvalue weighted by Crippen LogP contribution is -2.12. The molecule has 0 aliphatic rings. The van der Waals surface area contributed by atoms with E-state index in [1.165, 1.54) is 0 Å². The zero-order valence-electron chi connectivity index (χ0n) is 14.5. The first-order chi connectivity index (χ1) is 13.1. The van der Waals surface area contributed by atoms with Gasteiger partial charge in [0.25, 0.3) is 5.91 Å². The molecule has 0 aliphatic carbocycles. The highest BCUT2D eigenvalue weighted by Gasteiger charge is 2.17. The number of pyridine rings is 1. The van der Waals surface area contributed by atoms with E-state index in [1.54, 1.807) is 22.7 Å². The molecule has 134 valence electrons. The third-order valence-corrected chi connectivity index (χ3v) is 4.06. The third kappa shape index (κ3) is 3.17. The molecule has 0 saturated heterocycles. The lowest BCUT2D eigenvalue weighted by Gasteiger charge is -2.08. The summed E-state index contributed by atoms with van der Waals surface area (Å²) in [5, 5.41) is 19.7. The molecule has 0 bridgehead atoms. The Morgan fingerprint density at radius 3 is 2.67 bits per heavy atom. The van der Waals surface area contributed by atoms with Crippen molar-refractivity contribution in [1.82, 2.24) is 29.8 Å². The molecule has 3 aromatic heterocycles. The Hall–Kier alpha value is -3.88. The molecule has 3 heterocycles. The topological polar surface area (TPSA) is 124 Å². The summed E-state index contributed by atoms with van der Waals surface area (Å²) in [5.74, 6) is 0.702. The number of rotatable bonds is 5. The highest BCUT2D eigenvalue weighted by molar-refractivity contribution is 5.98. The molecule has 0 radical (unpaired) electrons. The number of nitrogens with zero attached hydrogens (tertiary/aromatic N) is 6. The number of fused-ring (bicyclic) bond motifs is 1. The first-order valence-corrected chi connectivity index (χ1v) is 8.26. The average molecular weight is 360 g/mol. The quantitative estimate of drug-likeness (QED) is 0.554. The van der Waals surface area contributed by atoms with Crippen molar-refractivity contribution < 1.29 is 4.79 Å². The maximum absolute atomic E-state index is 11.6. The van der Waals surface area contributed by atoms with Crippen LogP contribution in [0.5, 0.6) is 0 Å². The van der Waals surface area contributed by atoms with E-state index in [9.17, 15) is 4.79 Å². The largest absolute Gasteiger partial charge is 0.365 e. The second-order valence-electron chi connectivity index (χ2n) is 5.91. The van der Waals surface area contributed by atoms with Crippen LogP contribution in [0.1, 0.15) is 21.6 Å². The Morgan fingerprint density at radius 1 is 1.07 bits per heavy atom. The first-order valence-electron chi connectivity index (χ1n) is 8.26. The van der Waals surface area contributed by atoms with Crippen LogP contribution in [-0.4, -0.2) is 35.7 Å². The minimum Gasteiger partial charge on any atom is -0.365 e. The Morgan fingerprint density at radius 2 is 1.89 bits per heavy atom. The summed E-state index contributed by atoms with van der Waals surface area (Å²) in [6.07, 6.45) is 1.72. The van der Waals surface area contributed by atoms with Gasteiger partial charge in [0.15, 0.2) is 11.5 Å². The molecule has 27 heavy (non-hydrogen) atoms. The fraction of sp³-hybridized carbons (Fsp3) is 0.111. The molecule has 3 N–H and O–H groups in total. The van der Waals surface area contributed by atoms with E-state index < -0.39 is 5.91 Å². The predicted octanol–water partition coefficient (Wildman–Crippen LogP) is 1.60. The number of carbonyl (C=O) groups excluding carboxylic acids is 1. The van der Waals surface area contributed by atoms with E-state index in [4.69, 9.17) is 5.73 Å². The molecule has 1 amide bonds. The average Bonchev–Trinajstić information content (AvgIpc) is 3.12. The predicted molar refractivity (Wildman–Crippen MR) is 98.8 cm³/mol. The molecule has 4 aromatic rings. The van der Waals surface area contributed by atoms with Crippen LogP contribution in [0.2, 0.25) is 0 Å². The van der Waals surface area contributed by atoms with Crippen LogP contribution >= 0.6 is 0 Å². The summed E-state index contributed by atoms with van der Waals surface area (Å²) in [6, 6.07) is 13.3. The van der Waals surface area contributed by atoms with Crippen molar-refractivity contribution in [3.05, 3.63) is 65.5 Å². The van der Waals surface area contributed by atoms with Gasteiger partial charge in [-0.2, -0.15) is 0 Å². The Balaban J connectivity index is 1.70. The summed E-state index contributed by atoms with van der Waals surface area (Å²) in [5.41, 5.74) is 7.81. The van der Waals surface area contributed by atoms with Gasteiger partial charge in [-0.1, -0.05) is 30.3 Å². The van der Waals surface area contributed by atoms with E-state index in [2.05, 4.69) is 30.7 Å². The van der Waals surface area contributed by atoms with Crippen LogP contribution in [0.25, 0.3) is 17.3 Å². The van der Waals surface area contributed by atoms with Crippen LogP contribution in [0, 0.1) is 6.92 Å². The zero-order valence-corrected chi connectivity index (χ0v) is 14.5. The zero-order chi connectivity index (χ0) is 18.8. The van der Waals surface area contributed by atoms with Gasteiger partial charge >= 0.3 is 0 Å². The SMILES string of the molecule is Cc1nnc(-c2nnc3c(C(N)=O)cccn23)nc1NCc1ccccc1. The summed E-state index contributed by atoms with van der Waals surface area (Å²) < 4.78 is 1.62. The Labute approximate surface area is 154 Å². The van der Waals surface area contributed by atoms with Crippen molar-refractivity contribution in [2.24, 2.45) is 5.73 Å². The van der Waals surface area contributed by atoms with Crippen LogP contribution in [0.3, 0.4) is 0 Å². The van der Waals surface area contributed by atoms with Crippen LogP contribution < -0.4 is 11.1 Å². The van der Waals surface area contributed by atoms with E-state index in [0.717, 1.165) is 5.56 Å². The minimum atomic E-state index is -0.576. The fourth-order valence-electron chi connectivity index (χ4n) is 2.68. The molecule has 4 rings (SSSR count). The number of nitrogens with two attached hydrogens (primary N) is 1. The summed E-state index contributed by atoms with van der Waals surface area (Å²) in [6.45, 7) is 2.43.